The maximum atomic E-state index is 11.5. The zero-order valence-corrected chi connectivity index (χ0v) is 15.6. The number of alkyl halides is 1. The first-order valence-electron chi connectivity index (χ1n) is 7.65. The maximum Gasteiger partial charge on any atom is 0.303 e. The van der Waals surface area contributed by atoms with Crippen molar-refractivity contribution in [2.75, 3.05) is 0 Å². The lowest BCUT2D eigenvalue weighted by atomic mass is 10.0. The third-order valence-corrected chi connectivity index (χ3v) is 5.47. The lowest BCUT2D eigenvalue weighted by Gasteiger charge is -2.42. The molecule has 1 aliphatic rings. The van der Waals surface area contributed by atoms with Gasteiger partial charge in [0, 0.05) is 18.7 Å². The number of aryl methyl sites for hydroxylation is 1. The molecule has 1 fully saturated rings. The molecule has 5 atom stereocenters. The van der Waals surface area contributed by atoms with Gasteiger partial charge < -0.3 is 14.2 Å². The Kier molecular flexibility index (Phi) is 6.54. The predicted octanol–water partition coefficient (Wildman–Crippen LogP) is 3.30. The Morgan fingerprint density at radius 1 is 1.08 bits per heavy atom. The van der Waals surface area contributed by atoms with E-state index in [2.05, 4.69) is 0 Å². The fourth-order valence-electron chi connectivity index (χ4n) is 2.54. The Bertz CT molecular complexity index is 591. The monoisotopic (exact) mass is 372 g/mol. The molecule has 1 saturated heterocycles. The van der Waals surface area contributed by atoms with Gasteiger partial charge in [0.2, 0.25) is 0 Å². The Morgan fingerprint density at radius 2 is 1.62 bits per heavy atom. The summed E-state index contributed by atoms with van der Waals surface area (Å²) in [7, 11) is 0. The second-order valence-corrected chi connectivity index (χ2v) is 7.42. The van der Waals surface area contributed by atoms with Crippen LogP contribution in [0.4, 0.5) is 0 Å². The molecule has 0 aliphatic carbocycles. The van der Waals surface area contributed by atoms with Gasteiger partial charge in [-0.1, -0.05) is 29.3 Å². The third-order valence-electron chi connectivity index (χ3n) is 3.61. The number of carbonyl (C=O) groups excluding carboxylic acids is 2. The Labute approximate surface area is 151 Å². The smallest absolute Gasteiger partial charge is 0.303 e. The molecule has 1 heterocycles. The van der Waals surface area contributed by atoms with Crippen LogP contribution in [-0.2, 0) is 23.8 Å². The Morgan fingerprint density at radius 3 is 2.17 bits per heavy atom. The molecule has 0 N–H and O–H groups in total. The Hall–Kier alpha value is -1.24. The quantitative estimate of drug-likeness (QED) is 0.597. The highest BCUT2D eigenvalue weighted by molar-refractivity contribution is 8.00. The molecule has 24 heavy (non-hydrogen) atoms. The molecule has 0 saturated carbocycles. The molecule has 1 aliphatic heterocycles. The van der Waals surface area contributed by atoms with Gasteiger partial charge in [-0.3, -0.25) is 9.59 Å². The fourth-order valence-corrected chi connectivity index (χ4v) is 4.12. The molecule has 2 unspecified atom stereocenters. The summed E-state index contributed by atoms with van der Waals surface area (Å²) in [6, 6.07) is 7.91. The largest absolute Gasteiger partial charge is 0.457 e. The molecular weight excluding hydrogens is 352 g/mol. The topological polar surface area (TPSA) is 61.8 Å². The molecule has 132 valence electrons. The zero-order valence-electron chi connectivity index (χ0n) is 14.0. The summed E-state index contributed by atoms with van der Waals surface area (Å²) in [6.45, 7) is 6.38. The number of hydrogen-bond acceptors (Lipinski definition) is 6. The average Bonchev–Trinajstić information content (AvgIpc) is 2.48. The minimum absolute atomic E-state index is 0.404. The van der Waals surface area contributed by atoms with E-state index in [0.29, 0.717) is 0 Å². The van der Waals surface area contributed by atoms with E-state index in [4.69, 9.17) is 25.8 Å². The van der Waals surface area contributed by atoms with Crippen LogP contribution in [0.3, 0.4) is 0 Å². The summed E-state index contributed by atoms with van der Waals surface area (Å²) >= 11 is 7.80. The van der Waals surface area contributed by atoms with Crippen LogP contribution >= 0.6 is 23.4 Å². The number of rotatable bonds is 4. The van der Waals surface area contributed by atoms with Crippen molar-refractivity contribution in [1.29, 1.82) is 0 Å². The number of esters is 2. The second kappa shape index (κ2) is 8.23. The number of hydrogen-bond donors (Lipinski definition) is 0. The third kappa shape index (κ3) is 4.88. The summed E-state index contributed by atoms with van der Waals surface area (Å²) in [4.78, 5) is 23.9. The highest BCUT2D eigenvalue weighted by Gasteiger charge is 2.48. The normalized spacial score (nSPS) is 29.8. The van der Waals surface area contributed by atoms with Gasteiger partial charge in [0.05, 0.1) is 11.4 Å². The molecule has 1 aromatic rings. The van der Waals surface area contributed by atoms with E-state index in [-0.39, 0.29) is 0 Å². The number of thioether (sulfide) groups is 1. The van der Waals surface area contributed by atoms with Crippen LogP contribution in [0.15, 0.2) is 29.2 Å². The van der Waals surface area contributed by atoms with Crippen molar-refractivity contribution in [3.63, 3.8) is 0 Å². The fraction of sp³-hybridized carbons (Fsp3) is 0.529. The summed E-state index contributed by atoms with van der Waals surface area (Å²) in [5.41, 5.74) is 0.465. The van der Waals surface area contributed by atoms with Crippen molar-refractivity contribution in [2.24, 2.45) is 0 Å². The van der Waals surface area contributed by atoms with E-state index < -0.39 is 41.1 Å². The molecule has 0 radical (unpaired) electrons. The van der Waals surface area contributed by atoms with Crippen molar-refractivity contribution in [3.8, 4) is 0 Å². The standard InChI is InChI=1S/C17H21ClO5S/c1-9-5-7-13(8-6-9)24-16-15(23-12(4)20)14(22-11(3)19)10(2)21-17(16)18/h5-8,10,14-17H,1-4H3/t10-,14-,15+,16?,17?/m0/s1. The minimum Gasteiger partial charge on any atom is -0.457 e. The van der Waals surface area contributed by atoms with Crippen LogP contribution in [0.5, 0.6) is 0 Å². The minimum atomic E-state index is -0.704. The first-order chi connectivity index (χ1) is 11.3. The van der Waals surface area contributed by atoms with Crippen LogP contribution in [0.25, 0.3) is 0 Å². The average molecular weight is 373 g/mol. The molecule has 1 aromatic carbocycles. The van der Waals surface area contributed by atoms with Gasteiger partial charge in [-0.2, -0.15) is 0 Å². The number of benzene rings is 1. The van der Waals surface area contributed by atoms with Crippen molar-refractivity contribution in [3.05, 3.63) is 29.8 Å². The summed E-state index contributed by atoms with van der Waals surface area (Å²) in [5.74, 6) is -0.913. The van der Waals surface area contributed by atoms with Gasteiger partial charge in [-0.05, 0) is 26.0 Å². The van der Waals surface area contributed by atoms with Crippen molar-refractivity contribution in [2.45, 2.75) is 61.7 Å². The van der Waals surface area contributed by atoms with Crippen LogP contribution in [0.1, 0.15) is 26.3 Å². The van der Waals surface area contributed by atoms with Gasteiger partial charge in [0.25, 0.3) is 0 Å². The molecule has 2 rings (SSSR count). The summed E-state index contributed by atoms with van der Waals surface area (Å²) in [5, 5.41) is -0.404. The molecule has 7 heteroatoms. The van der Waals surface area contributed by atoms with Crippen molar-refractivity contribution < 1.29 is 23.8 Å². The first kappa shape index (κ1) is 19.1. The van der Waals surface area contributed by atoms with Crippen LogP contribution in [0, 0.1) is 6.92 Å². The summed E-state index contributed by atoms with van der Waals surface area (Å²) < 4.78 is 16.5. The number of ether oxygens (including phenoxy) is 3. The lowest BCUT2D eigenvalue weighted by Crippen LogP contribution is -2.56. The first-order valence-corrected chi connectivity index (χ1v) is 8.97. The predicted molar refractivity (Wildman–Crippen MR) is 92.1 cm³/mol. The van der Waals surface area contributed by atoms with E-state index in [1.54, 1.807) is 6.92 Å². The lowest BCUT2D eigenvalue weighted by molar-refractivity contribution is -0.193. The van der Waals surface area contributed by atoms with Crippen LogP contribution in [0.2, 0.25) is 0 Å². The van der Waals surface area contributed by atoms with E-state index in [1.165, 1.54) is 25.6 Å². The molecule has 0 amide bonds. The highest BCUT2D eigenvalue weighted by Crippen LogP contribution is 2.38. The molecule has 0 bridgehead atoms. The van der Waals surface area contributed by atoms with Crippen LogP contribution < -0.4 is 0 Å². The van der Waals surface area contributed by atoms with E-state index in [1.807, 2.05) is 31.2 Å². The van der Waals surface area contributed by atoms with E-state index in [0.717, 1.165) is 10.5 Å². The highest BCUT2D eigenvalue weighted by atomic mass is 35.5. The second-order valence-electron chi connectivity index (χ2n) is 5.74. The molecule has 0 aromatic heterocycles. The van der Waals surface area contributed by atoms with Gasteiger partial charge >= 0.3 is 11.9 Å². The SMILES string of the molecule is CC(=O)O[C@H]1[C@H](C)OC(Cl)C(Sc2ccc(C)cc2)[C@@H]1OC(C)=O. The maximum absolute atomic E-state index is 11.5. The van der Waals surface area contributed by atoms with Gasteiger partial charge in [-0.15, -0.1) is 11.8 Å². The summed E-state index contributed by atoms with van der Waals surface area (Å²) in [6.07, 6.45) is -1.87. The number of halogens is 1. The molecular formula is C17H21ClO5S. The van der Waals surface area contributed by atoms with Crippen molar-refractivity contribution >= 4 is 35.3 Å². The van der Waals surface area contributed by atoms with Crippen molar-refractivity contribution in [1.82, 2.24) is 0 Å². The number of carbonyl (C=O) groups is 2. The zero-order chi connectivity index (χ0) is 17.9. The van der Waals surface area contributed by atoms with E-state index >= 15 is 0 Å². The van der Waals surface area contributed by atoms with E-state index in [9.17, 15) is 9.59 Å². The molecule has 5 nitrogen and oxygen atoms in total. The van der Waals surface area contributed by atoms with Gasteiger partial charge in [0.1, 0.15) is 5.56 Å². The van der Waals surface area contributed by atoms with Gasteiger partial charge in [-0.25, -0.2) is 0 Å². The van der Waals surface area contributed by atoms with Crippen LogP contribution in [-0.4, -0.2) is 41.1 Å². The molecule has 0 spiro atoms. The Balaban J connectivity index is 2.27. The van der Waals surface area contributed by atoms with Gasteiger partial charge in [0.15, 0.2) is 12.2 Å².